The Kier molecular flexibility index (Phi) is 1.45. The molecule has 0 radical (unpaired) electrons. The van der Waals surface area contributed by atoms with Crippen molar-refractivity contribution in [3.63, 3.8) is 0 Å². The molecule has 56 valence electrons. The summed E-state index contributed by atoms with van der Waals surface area (Å²) < 4.78 is 5.41. The molecule has 2 rings (SSSR count). The number of benzene rings is 1. The standard InChI is InChI=1S/C6H3IN2O2/c7-4-1-2-6-5(3-4)8-11-9(6)10/h1-3H. The molecule has 0 aliphatic rings. The van der Waals surface area contributed by atoms with Crippen LogP contribution in [0, 0.1) is 8.78 Å². The van der Waals surface area contributed by atoms with Crippen LogP contribution < -0.4 is 4.90 Å². The summed E-state index contributed by atoms with van der Waals surface area (Å²) in [4.78, 5) is 0.394. The van der Waals surface area contributed by atoms with Gasteiger partial charge in [-0.25, -0.2) is 0 Å². The number of halogens is 1. The molecule has 4 nitrogen and oxygen atoms in total. The average molecular weight is 262 g/mol. The zero-order valence-electron chi connectivity index (χ0n) is 5.32. The van der Waals surface area contributed by atoms with E-state index in [1.807, 2.05) is 6.07 Å². The first kappa shape index (κ1) is 6.84. The quantitative estimate of drug-likeness (QED) is 0.527. The van der Waals surface area contributed by atoms with Crippen molar-refractivity contribution in [2.45, 2.75) is 0 Å². The number of rotatable bonds is 0. The van der Waals surface area contributed by atoms with Crippen molar-refractivity contribution in [2.24, 2.45) is 0 Å². The number of nitrogens with zero attached hydrogens (tertiary/aromatic N) is 2. The van der Waals surface area contributed by atoms with Crippen molar-refractivity contribution in [2.75, 3.05) is 0 Å². The van der Waals surface area contributed by atoms with Gasteiger partial charge in [-0.15, -0.1) is 0 Å². The van der Waals surface area contributed by atoms with Crippen LogP contribution in [0.5, 0.6) is 0 Å². The first-order valence-corrected chi connectivity index (χ1v) is 4.00. The zero-order valence-corrected chi connectivity index (χ0v) is 7.48. The molecule has 0 unspecified atom stereocenters. The third kappa shape index (κ3) is 1.05. The molecule has 0 spiro atoms. The molecule has 0 N–H and O–H groups in total. The summed E-state index contributed by atoms with van der Waals surface area (Å²) in [6, 6.07) is 5.29. The van der Waals surface area contributed by atoms with Crippen LogP contribution in [0.2, 0.25) is 0 Å². The van der Waals surface area contributed by atoms with Gasteiger partial charge < -0.3 is 5.21 Å². The fraction of sp³-hybridized carbons (Fsp3) is 0. The minimum atomic E-state index is 0.394. The van der Waals surface area contributed by atoms with Crippen molar-refractivity contribution in [1.82, 2.24) is 5.16 Å². The van der Waals surface area contributed by atoms with E-state index in [2.05, 4.69) is 32.4 Å². The second-order valence-electron chi connectivity index (χ2n) is 2.06. The summed E-state index contributed by atoms with van der Waals surface area (Å²) in [7, 11) is 0. The van der Waals surface area contributed by atoms with Gasteiger partial charge in [0.2, 0.25) is 11.0 Å². The fourth-order valence-electron chi connectivity index (χ4n) is 0.849. The van der Waals surface area contributed by atoms with E-state index in [9.17, 15) is 5.21 Å². The average Bonchev–Trinajstić information content (AvgIpc) is 2.32. The Morgan fingerprint density at radius 3 is 3.18 bits per heavy atom. The fourth-order valence-corrected chi connectivity index (χ4v) is 1.32. The van der Waals surface area contributed by atoms with Gasteiger partial charge in [0.05, 0.1) is 0 Å². The van der Waals surface area contributed by atoms with Crippen molar-refractivity contribution >= 4 is 33.6 Å². The first-order valence-electron chi connectivity index (χ1n) is 2.92. The van der Waals surface area contributed by atoms with Crippen molar-refractivity contribution in [3.05, 3.63) is 27.0 Å². The van der Waals surface area contributed by atoms with Crippen LogP contribution in [-0.2, 0) is 0 Å². The van der Waals surface area contributed by atoms with Crippen molar-refractivity contribution in [1.29, 1.82) is 0 Å². The van der Waals surface area contributed by atoms with E-state index in [1.165, 1.54) is 0 Å². The molecule has 0 saturated carbocycles. The summed E-state index contributed by atoms with van der Waals surface area (Å²) in [6.45, 7) is 0. The lowest BCUT2D eigenvalue weighted by molar-refractivity contribution is -0.782. The lowest BCUT2D eigenvalue weighted by Gasteiger charge is -1.85. The topological polar surface area (TPSA) is 53.0 Å². The molecule has 0 aliphatic heterocycles. The summed E-state index contributed by atoms with van der Waals surface area (Å²) in [5, 5.41) is 14.3. The smallest absolute Gasteiger partial charge is 0.249 e. The second kappa shape index (κ2) is 2.33. The van der Waals surface area contributed by atoms with Gasteiger partial charge in [0, 0.05) is 14.8 Å². The minimum Gasteiger partial charge on any atom is -0.359 e. The molecule has 0 saturated heterocycles. The minimum absolute atomic E-state index is 0.394. The Labute approximate surface area is 75.5 Å². The van der Waals surface area contributed by atoms with E-state index in [4.69, 9.17) is 0 Å². The second-order valence-corrected chi connectivity index (χ2v) is 3.31. The molecular formula is C6H3IN2O2. The van der Waals surface area contributed by atoms with Gasteiger partial charge in [-0.2, -0.15) is 0 Å². The van der Waals surface area contributed by atoms with E-state index in [1.54, 1.807) is 12.1 Å². The highest BCUT2D eigenvalue weighted by Crippen LogP contribution is 2.11. The van der Waals surface area contributed by atoms with Gasteiger partial charge in [-0.3, -0.25) is 4.63 Å². The van der Waals surface area contributed by atoms with Gasteiger partial charge in [0.1, 0.15) is 0 Å². The molecule has 1 aromatic carbocycles. The number of hydrogen-bond donors (Lipinski definition) is 0. The molecular weight excluding hydrogens is 259 g/mol. The van der Waals surface area contributed by atoms with Crippen LogP contribution in [0.15, 0.2) is 22.8 Å². The first-order chi connectivity index (χ1) is 5.27. The molecule has 2 aromatic rings. The third-order valence-electron chi connectivity index (χ3n) is 1.35. The van der Waals surface area contributed by atoms with E-state index in [0.29, 0.717) is 15.9 Å². The van der Waals surface area contributed by atoms with E-state index in [0.717, 1.165) is 3.57 Å². The van der Waals surface area contributed by atoms with E-state index in [-0.39, 0.29) is 0 Å². The van der Waals surface area contributed by atoms with Crippen LogP contribution in [-0.4, -0.2) is 5.16 Å². The Morgan fingerprint density at radius 2 is 2.36 bits per heavy atom. The van der Waals surface area contributed by atoms with Gasteiger partial charge in [-0.05, 0) is 39.6 Å². The predicted octanol–water partition coefficient (Wildman–Crippen LogP) is 1.07. The van der Waals surface area contributed by atoms with Gasteiger partial charge in [0.15, 0.2) is 0 Å². The van der Waals surface area contributed by atoms with Crippen molar-refractivity contribution < 1.29 is 9.53 Å². The van der Waals surface area contributed by atoms with E-state index < -0.39 is 0 Å². The SMILES string of the molecule is [O-][n+]1onc2cc(I)ccc21. The third-order valence-corrected chi connectivity index (χ3v) is 2.02. The maximum atomic E-state index is 10.8. The largest absolute Gasteiger partial charge is 0.359 e. The summed E-state index contributed by atoms with van der Waals surface area (Å²) >= 11 is 2.14. The lowest BCUT2D eigenvalue weighted by atomic mass is 10.3. The summed E-state index contributed by atoms with van der Waals surface area (Å²) in [5.74, 6) is 0. The highest BCUT2D eigenvalue weighted by molar-refractivity contribution is 14.1. The predicted molar refractivity (Wildman–Crippen MR) is 45.7 cm³/mol. The van der Waals surface area contributed by atoms with Crippen LogP contribution in [0.25, 0.3) is 11.0 Å². The lowest BCUT2D eigenvalue weighted by Crippen LogP contribution is -2.22. The van der Waals surface area contributed by atoms with E-state index >= 15 is 0 Å². The number of aromatic nitrogens is 2. The molecule has 0 bridgehead atoms. The van der Waals surface area contributed by atoms with Gasteiger partial charge in [0.25, 0.3) is 0 Å². The van der Waals surface area contributed by atoms with Gasteiger partial charge >= 0.3 is 0 Å². The molecule has 1 aromatic heterocycles. The molecule has 0 atom stereocenters. The molecule has 5 heteroatoms. The number of fused-ring (bicyclic) bond motifs is 1. The van der Waals surface area contributed by atoms with Crippen LogP contribution in [0.3, 0.4) is 0 Å². The molecule has 11 heavy (non-hydrogen) atoms. The highest BCUT2D eigenvalue weighted by atomic mass is 127. The molecule has 1 heterocycles. The highest BCUT2D eigenvalue weighted by Gasteiger charge is 2.07. The van der Waals surface area contributed by atoms with Crippen molar-refractivity contribution in [3.8, 4) is 0 Å². The number of hydrogen-bond acceptors (Lipinski definition) is 3. The summed E-state index contributed by atoms with van der Waals surface area (Å²) in [6.07, 6.45) is 0. The molecule has 0 aliphatic carbocycles. The maximum Gasteiger partial charge on any atom is 0.249 e. The Balaban J connectivity index is 2.86. The normalized spacial score (nSPS) is 10.6. The summed E-state index contributed by atoms with van der Waals surface area (Å²) in [5.41, 5.74) is 1.05. The molecule has 0 amide bonds. The van der Waals surface area contributed by atoms with Crippen LogP contribution in [0.4, 0.5) is 0 Å². The molecule has 0 fully saturated rings. The Bertz CT molecular complexity index is 398. The van der Waals surface area contributed by atoms with Crippen LogP contribution in [0.1, 0.15) is 0 Å². The maximum absolute atomic E-state index is 10.8. The Morgan fingerprint density at radius 1 is 1.55 bits per heavy atom. The zero-order chi connectivity index (χ0) is 7.84. The van der Waals surface area contributed by atoms with Crippen LogP contribution >= 0.6 is 22.6 Å². The monoisotopic (exact) mass is 262 g/mol. The Hall–Kier alpha value is -0.850. The van der Waals surface area contributed by atoms with Gasteiger partial charge in [-0.1, -0.05) is 0 Å².